The molecule has 19 heavy (non-hydrogen) atoms. The molecule has 1 aliphatic heterocycles. The second kappa shape index (κ2) is 3.94. The van der Waals surface area contributed by atoms with Crippen LogP contribution >= 0.6 is 0 Å². The highest BCUT2D eigenvalue weighted by molar-refractivity contribution is 5.54. The van der Waals surface area contributed by atoms with Crippen molar-refractivity contribution in [3.8, 4) is 5.75 Å². The van der Waals surface area contributed by atoms with Crippen LogP contribution in [-0.2, 0) is 17.3 Å². The summed E-state index contributed by atoms with van der Waals surface area (Å²) in [5.41, 5.74) is 2.11. The summed E-state index contributed by atoms with van der Waals surface area (Å²) in [5, 5.41) is 0. The van der Waals surface area contributed by atoms with Gasteiger partial charge in [0.2, 0.25) is 0 Å². The maximum atomic E-state index is 13.7. The van der Waals surface area contributed by atoms with E-state index in [2.05, 4.69) is 0 Å². The molecule has 0 saturated heterocycles. The van der Waals surface area contributed by atoms with Crippen molar-refractivity contribution >= 4 is 0 Å². The van der Waals surface area contributed by atoms with E-state index in [0.717, 1.165) is 11.1 Å². The maximum absolute atomic E-state index is 13.7. The standard InChI is InChI=1S/C16H22F2O/c1-14(2,3)11-7-8-12(15(4,5)6)13-10(11)9-16(17,18)19-13/h7-8H,9H2,1-6H3. The average molecular weight is 268 g/mol. The summed E-state index contributed by atoms with van der Waals surface area (Å²) in [7, 11) is 0. The van der Waals surface area contributed by atoms with Crippen LogP contribution in [0.4, 0.5) is 8.78 Å². The van der Waals surface area contributed by atoms with E-state index in [1.807, 2.05) is 53.7 Å². The SMILES string of the molecule is CC(C)(C)c1ccc(C(C)(C)C)c2c1CC(F)(F)O2. The number of halogens is 2. The third kappa shape index (κ3) is 2.60. The highest BCUT2D eigenvalue weighted by atomic mass is 19.3. The smallest absolute Gasteiger partial charge is 0.402 e. The van der Waals surface area contributed by atoms with Crippen LogP contribution in [0.25, 0.3) is 0 Å². The Morgan fingerprint density at radius 2 is 1.42 bits per heavy atom. The van der Waals surface area contributed by atoms with Gasteiger partial charge in [0.25, 0.3) is 0 Å². The Morgan fingerprint density at radius 1 is 0.947 bits per heavy atom. The topological polar surface area (TPSA) is 9.23 Å². The molecule has 1 aliphatic rings. The molecule has 1 aromatic rings. The summed E-state index contributed by atoms with van der Waals surface area (Å²) in [4.78, 5) is 0. The van der Waals surface area contributed by atoms with Crippen LogP contribution in [0.5, 0.6) is 5.75 Å². The quantitative estimate of drug-likeness (QED) is 0.656. The zero-order valence-corrected chi connectivity index (χ0v) is 12.5. The lowest BCUT2D eigenvalue weighted by Crippen LogP contribution is -2.22. The lowest BCUT2D eigenvalue weighted by molar-refractivity contribution is -0.159. The van der Waals surface area contributed by atoms with Crippen molar-refractivity contribution in [1.82, 2.24) is 0 Å². The molecular formula is C16H22F2O. The molecule has 1 nitrogen and oxygen atoms in total. The highest BCUT2D eigenvalue weighted by Crippen LogP contribution is 2.47. The molecular weight excluding hydrogens is 246 g/mol. The summed E-state index contributed by atoms with van der Waals surface area (Å²) < 4.78 is 32.3. The van der Waals surface area contributed by atoms with Crippen molar-refractivity contribution in [3.05, 3.63) is 28.8 Å². The van der Waals surface area contributed by atoms with E-state index >= 15 is 0 Å². The summed E-state index contributed by atoms with van der Waals surface area (Å²) in [5.74, 6) is 0.393. The molecule has 0 N–H and O–H groups in total. The molecule has 0 aliphatic carbocycles. The summed E-state index contributed by atoms with van der Waals surface area (Å²) >= 11 is 0. The van der Waals surface area contributed by atoms with Gasteiger partial charge in [-0.05, 0) is 16.4 Å². The largest absolute Gasteiger partial charge is 0.432 e. The summed E-state index contributed by atoms with van der Waals surface area (Å²) in [6.45, 7) is 12.2. The van der Waals surface area contributed by atoms with Gasteiger partial charge >= 0.3 is 6.11 Å². The van der Waals surface area contributed by atoms with Crippen LogP contribution < -0.4 is 4.74 Å². The van der Waals surface area contributed by atoms with Crippen molar-refractivity contribution in [1.29, 1.82) is 0 Å². The number of fused-ring (bicyclic) bond motifs is 1. The molecule has 0 spiro atoms. The van der Waals surface area contributed by atoms with Gasteiger partial charge in [0, 0.05) is 11.1 Å². The molecule has 0 unspecified atom stereocenters. The van der Waals surface area contributed by atoms with E-state index < -0.39 is 6.11 Å². The fourth-order valence-corrected chi connectivity index (χ4v) is 2.60. The molecule has 0 atom stereocenters. The minimum absolute atomic E-state index is 0.162. The van der Waals surface area contributed by atoms with Gasteiger partial charge in [-0.3, -0.25) is 0 Å². The van der Waals surface area contributed by atoms with E-state index in [1.54, 1.807) is 0 Å². The van der Waals surface area contributed by atoms with Crippen LogP contribution in [0.2, 0.25) is 0 Å². The van der Waals surface area contributed by atoms with Gasteiger partial charge in [-0.1, -0.05) is 53.7 Å². The molecule has 2 rings (SSSR count). The molecule has 0 aromatic heterocycles. The molecule has 0 bridgehead atoms. The van der Waals surface area contributed by atoms with Gasteiger partial charge in [-0.25, -0.2) is 0 Å². The lowest BCUT2D eigenvalue weighted by Gasteiger charge is -2.26. The Kier molecular flexibility index (Phi) is 2.96. The van der Waals surface area contributed by atoms with Crippen LogP contribution in [0, 0.1) is 0 Å². The van der Waals surface area contributed by atoms with Gasteiger partial charge in [0.05, 0.1) is 6.42 Å². The molecule has 0 saturated carbocycles. The van der Waals surface area contributed by atoms with E-state index in [-0.39, 0.29) is 17.3 Å². The maximum Gasteiger partial charge on any atom is 0.402 e. The van der Waals surface area contributed by atoms with Gasteiger partial charge < -0.3 is 4.74 Å². The average Bonchev–Trinajstić information content (AvgIpc) is 2.46. The first kappa shape index (κ1) is 14.3. The number of hydrogen-bond acceptors (Lipinski definition) is 1. The number of rotatable bonds is 0. The van der Waals surface area contributed by atoms with Crippen molar-refractivity contribution < 1.29 is 13.5 Å². The van der Waals surface area contributed by atoms with Gasteiger partial charge in [0.1, 0.15) is 5.75 Å². The predicted molar refractivity (Wildman–Crippen MR) is 73.1 cm³/mol. The molecule has 1 aromatic carbocycles. The third-order valence-electron chi connectivity index (χ3n) is 3.51. The Morgan fingerprint density at radius 3 is 1.89 bits per heavy atom. The molecule has 3 heteroatoms. The van der Waals surface area contributed by atoms with Crippen LogP contribution in [0.1, 0.15) is 58.2 Å². The van der Waals surface area contributed by atoms with E-state index in [1.165, 1.54) is 0 Å². The predicted octanol–water partition coefficient (Wildman–Crippen LogP) is 4.81. The first-order valence-electron chi connectivity index (χ1n) is 6.65. The minimum atomic E-state index is -3.08. The lowest BCUT2D eigenvalue weighted by atomic mass is 9.78. The number of benzene rings is 1. The molecule has 0 amide bonds. The van der Waals surface area contributed by atoms with E-state index in [0.29, 0.717) is 11.3 Å². The van der Waals surface area contributed by atoms with Crippen molar-refractivity contribution in [3.63, 3.8) is 0 Å². The first-order valence-corrected chi connectivity index (χ1v) is 6.65. The van der Waals surface area contributed by atoms with Crippen LogP contribution in [0.3, 0.4) is 0 Å². The van der Waals surface area contributed by atoms with Gasteiger partial charge in [-0.15, -0.1) is 0 Å². The second-order valence-corrected chi connectivity index (χ2v) is 7.38. The summed E-state index contributed by atoms with van der Waals surface area (Å²) in [6, 6.07) is 3.91. The molecule has 0 radical (unpaired) electrons. The normalized spacial score (nSPS) is 18.1. The van der Waals surface area contributed by atoms with E-state index in [4.69, 9.17) is 4.74 Å². The molecule has 106 valence electrons. The zero-order chi connectivity index (χ0) is 14.6. The van der Waals surface area contributed by atoms with Crippen LogP contribution in [-0.4, -0.2) is 6.11 Å². The van der Waals surface area contributed by atoms with Crippen LogP contribution in [0.15, 0.2) is 12.1 Å². The summed E-state index contributed by atoms with van der Waals surface area (Å²) in [6.07, 6.45) is -3.40. The Hall–Kier alpha value is -1.12. The Balaban J connectivity index is 2.67. The number of hydrogen-bond donors (Lipinski definition) is 0. The molecule has 1 heterocycles. The Labute approximate surface area is 114 Å². The molecule has 0 fully saturated rings. The van der Waals surface area contributed by atoms with E-state index in [9.17, 15) is 8.78 Å². The number of ether oxygens (including phenoxy) is 1. The number of alkyl halides is 2. The van der Waals surface area contributed by atoms with Gasteiger partial charge in [0.15, 0.2) is 0 Å². The van der Waals surface area contributed by atoms with Crippen molar-refractivity contribution in [2.45, 2.75) is 64.9 Å². The monoisotopic (exact) mass is 268 g/mol. The highest BCUT2D eigenvalue weighted by Gasteiger charge is 2.44. The minimum Gasteiger partial charge on any atom is -0.432 e. The van der Waals surface area contributed by atoms with Crippen molar-refractivity contribution in [2.75, 3.05) is 0 Å². The first-order chi connectivity index (χ1) is 8.42. The second-order valence-electron chi connectivity index (χ2n) is 7.38. The van der Waals surface area contributed by atoms with Crippen molar-refractivity contribution in [2.24, 2.45) is 0 Å². The fraction of sp³-hybridized carbons (Fsp3) is 0.625. The Bertz CT molecular complexity index is 460. The van der Waals surface area contributed by atoms with Gasteiger partial charge in [-0.2, -0.15) is 8.78 Å². The zero-order valence-electron chi connectivity index (χ0n) is 12.5. The third-order valence-corrected chi connectivity index (χ3v) is 3.51. The fourth-order valence-electron chi connectivity index (χ4n) is 2.60.